The van der Waals surface area contributed by atoms with Crippen LogP contribution in [-0.4, -0.2) is 4.98 Å². The average Bonchev–Trinajstić information content (AvgIpc) is 2.30. The number of fused-ring (bicyclic) bond motifs is 1. The molecule has 0 N–H and O–H groups in total. The third-order valence-electron chi connectivity index (χ3n) is 1.55. The first-order chi connectivity index (χ1) is 5.29. The van der Waals surface area contributed by atoms with E-state index in [2.05, 4.69) is 20.9 Å². The summed E-state index contributed by atoms with van der Waals surface area (Å²) in [7, 11) is 0. The molecule has 0 amide bonds. The molecule has 0 aliphatic heterocycles. The van der Waals surface area contributed by atoms with Gasteiger partial charge in [0.2, 0.25) is 0 Å². The minimum absolute atomic E-state index is 0.830. The summed E-state index contributed by atoms with van der Waals surface area (Å²) in [5.74, 6) is 0.874. The highest BCUT2D eigenvalue weighted by Crippen LogP contribution is 2.27. The number of hydrogen-bond donors (Lipinski definition) is 0. The summed E-state index contributed by atoms with van der Waals surface area (Å²) in [4.78, 5) is 4.16. The Labute approximate surface area is 72.4 Å². The van der Waals surface area contributed by atoms with Gasteiger partial charge in [0.1, 0.15) is 11.3 Å². The van der Waals surface area contributed by atoms with Gasteiger partial charge in [0.25, 0.3) is 0 Å². The predicted molar refractivity (Wildman–Crippen MR) is 46.4 cm³/mol. The minimum Gasteiger partial charge on any atom is -0.458 e. The van der Waals surface area contributed by atoms with Gasteiger partial charge >= 0.3 is 0 Å². The number of hydrogen-bond acceptors (Lipinski definition) is 2. The van der Waals surface area contributed by atoms with E-state index in [1.54, 1.807) is 6.20 Å². The van der Waals surface area contributed by atoms with Crippen LogP contribution in [0.25, 0.3) is 11.1 Å². The molecule has 56 valence electrons. The van der Waals surface area contributed by atoms with Crippen LogP contribution in [0.2, 0.25) is 0 Å². The van der Waals surface area contributed by atoms with Crippen molar-refractivity contribution in [3.63, 3.8) is 0 Å². The van der Waals surface area contributed by atoms with Crippen LogP contribution in [0.5, 0.6) is 0 Å². The molecular weight excluding hydrogens is 206 g/mol. The molecular formula is C8H6BrNO. The van der Waals surface area contributed by atoms with E-state index in [1.807, 2.05) is 19.1 Å². The van der Waals surface area contributed by atoms with Gasteiger partial charge in [-0.05, 0) is 35.0 Å². The van der Waals surface area contributed by atoms with E-state index < -0.39 is 0 Å². The van der Waals surface area contributed by atoms with Crippen LogP contribution < -0.4 is 0 Å². The van der Waals surface area contributed by atoms with Gasteiger partial charge in [0.15, 0.2) is 5.58 Å². The normalized spacial score (nSPS) is 10.7. The lowest BCUT2D eigenvalue weighted by atomic mass is 10.4. The summed E-state index contributed by atoms with van der Waals surface area (Å²) in [5, 5.41) is 0. The summed E-state index contributed by atoms with van der Waals surface area (Å²) in [6.45, 7) is 1.91. The maximum Gasteiger partial charge on any atom is 0.153 e. The number of aromatic nitrogens is 1. The molecule has 0 aliphatic rings. The van der Waals surface area contributed by atoms with Gasteiger partial charge < -0.3 is 4.42 Å². The van der Waals surface area contributed by atoms with Crippen LogP contribution in [0, 0.1) is 6.92 Å². The summed E-state index contributed by atoms with van der Waals surface area (Å²) in [5.41, 5.74) is 1.72. The molecule has 3 heteroatoms. The minimum atomic E-state index is 0.830. The van der Waals surface area contributed by atoms with Gasteiger partial charge in [-0.15, -0.1) is 0 Å². The third kappa shape index (κ3) is 0.959. The van der Waals surface area contributed by atoms with Crippen molar-refractivity contribution in [1.82, 2.24) is 4.98 Å². The zero-order valence-corrected chi connectivity index (χ0v) is 7.55. The second-order valence-electron chi connectivity index (χ2n) is 2.32. The fourth-order valence-electron chi connectivity index (χ4n) is 1.01. The average molecular weight is 212 g/mol. The van der Waals surface area contributed by atoms with Crippen molar-refractivity contribution in [3.05, 3.63) is 28.6 Å². The van der Waals surface area contributed by atoms with Gasteiger partial charge in [-0.2, -0.15) is 0 Å². The second-order valence-corrected chi connectivity index (χ2v) is 3.12. The van der Waals surface area contributed by atoms with Crippen LogP contribution in [0.4, 0.5) is 0 Å². The van der Waals surface area contributed by atoms with Crippen molar-refractivity contribution in [2.24, 2.45) is 0 Å². The molecule has 2 heterocycles. The summed E-state index contributed by atoms with van der Waals surface area (Å²) in [6, 6.07) is 3.76. The summed E-state index contributed by atoms with van der Waals surface area (Å²) < 4.78 is 6.34. The van der Waals surface area contributed by atoms with E-state index in [4.69, 9.17) is 4.42 Å². The Morgan fingerprint density at radius 2 is 2.36 bits per heavy atom. The maximum absolute atomic E-state index is 5.39. The zero-order chi connectivity index (χ0) is 7.84. The van der Waals surface area contributed by atoms with Crippen molar-refractivity contribution in [2.45, 2.75) is 6.92 Å². The molecule has 0 saturated carbocycles. The van der Waals surface area contributed by atoms with E-state index in [-0.39, 0.29) is 0 Å². The molecule has 0 unspecified atom stereocenters. The Kier molecular flexibility index (Phi) is 1.46. The first kappa shape index (κ1) is 6.85. The standard InChI is InChI=1S/C8H6BrNO/c1-5-7(9)8-6(11-5)3-2-4-10-8/h2-4H,1H3. The van der Waals surface area contributed by atoms with Crippen LogP contribution in [0.15, 0.2) is 27.2 Å². The number of rotatable bonds is 0. The predicted octanol–water partition coefficient (Wildman–Crippen LogP) is 2.90. The Hall–Kier alpha value is -0.830. The molecule has 0 radical (unpaired) electrons. The molecule has 2 nitrogen and oxygen atoms in total. The topological polar surface area (TPSA) is 26.0 Å². The van der Waals surface area contributed by atoms with E-state index in [0.717, 1.165) is 21.3 Å². The Balaban J connectivity index is 2.92. The summed E-state index contributed by atoms with van der Waals surface area (Å²) in [6.07, 6.45) is 1.75. The first-order valence-corrected chi connectivity index (χ1v) is 4.08. The number of aryl methyl sites for hydroxylation is 1. The molecule has 11 heavy (non-hydrogen) atoms. The fourth-order valence-corrected chi connectivity index (χ4v) is 1.39. The molecule has 2 aromatic rings. The van der Waals surface area contributed by atoms with Gasteiger partial charge in [-0.1, -0.05) is 0 Å². The number of halogens is 1. The van der Waals surface area contributed by atoms with Crippen molar-refractivity contribution < 1.29 is 4.42 Å². The van der Waals surface area contributed by atoms with Crippen LogP contribution >= 0.6 is 15.9 Å². The SMILES string of the molecule is Cc1oc2cccnc2c1Br. The van der Waals surface area contributed by atoms with Gasteiger partial charge in [0.05, 0.1) is 4.47 Å². The van der Waals surface area contributed by atoms with Crippen molar-refractivity contribution in [1.29, 1.82) is 0 Å². The van der Waals surface area contributed by atoms with E-state index in [9.17, 15) is 0 Å². The Bertz CT molecular complexity index is 394. The largest absolute Gasteiger partial charge is 0.458 e. The molecule has 0 atom stereocenters. The number of furan rings is 1. The lowest BCUT2D eigenvalue weighted by molar-refractivity contribution is 0.575. The van der Waals surface area contributed by atoms with Crippen LogP contribution in [0.1, 0.15) is 5.76 Å². The molecule has 2 aromatic heterocycles. The highest BCUT2D eigenvalue weighted by atomic mass is 79.9. The van der Waals surface area contributed by atoms with Gasteiger partial charge in [0, 0.05) is 6.20 Å². The molecule has 0 aromatic carbocycles. The zero-order valence-electron chi connectivity index (χ0n) is 5.97. The third-order valence-corrected chi connectivity index (χ3v) is 2.48. The first-order valence-electron chi connectivity index (χ1n) is 3.28. The number of pyridine rings is 1. The van der Waals surface area contributed by atoms with Crippen molar-refractivity contribution in [2.75, 3.05) is 0 Å². The molecule has 0 saturated heterocycles. The van der Waals surface area contributed by atoms with Gasteiger partial charge in [-0.25, -0.2) is 0 Å². The molecule has 2 rings (SSSR count). The lowest BCUT2D eigenvalue weighted by Gasteiger charge is -1.83. The molecule has 0 bridgehead atoms. The summed E-state index contributed by atoms with van der Waals surface area (Å²) >= 11 is 3.39. The molecule has 0 spiro atoms. The Morgan fingerprint density at radius 1 is 1.55 bits per heavy atom. The van der Waals surface area contributed by atoms with E-state index in [0.29, 0.717) is 0 Å². The smallest absolute Gasteiger partial charge is 0.153 e. The highest BCUT2D eigenvalue weighted by Gasteiger charge is 2.07. The second kappa shape index (κ2) is 2.34. The van der Waals surface area contributed by atoms with E-state index >= 15 is 0 Å². The van der Waals surface area contributed by atoms with Crippen LogP contribution in [-0.2, 0) is 0 Å². The maximum atomic E-state index is 5.39. The number of nitrogens with zero attached hydrogens (tertiary/aromatic N) is 1. The Morgan fingerprint density at radius 3 is 3.09 bits per heavy atom. The van der Waals surface area contributed by atoms with Gasteiger partial charge in [-0.3, -0.25) is 4.98 Å². The molecule has 0 aliphatic carbocycles. The van der Waals surface area contributed by atoms with Crippen LogP contribution in [0.3, 0.4) is 0 Å². The quantitative estimate of drug-likeness (QED) is 0.670. The fraction of sp³-hybridized carbons (Fsp3) is 0.125. The molecule has 0 fully saturated rings. The monoisotopic (exact) mass is 211 g/mol. The lowest BCUT2D eigenvalue weighted by Crippen LogP contribution is -1.70. The van der Waals surface area contributed by atoms with Crippen molar-refractivity contribution >= 4 is 27.0 Å². The highest BCUT2D eigenvalue weighted by molar-refractivity contribution is 9.10. The van der Waals surface area contributed by atoms with Crippen molar-refractivity contribution in [3.8, 4) is 0 Å². The van der Waals surface area contributed by atoms with E-state index in [1.165, 1.54) is 0 Å².